The number of aromatic nitrogens is 3. The molecular formula is C36H36N6O3. The number of piperidine rings is 1. The summed E-state index contributed by atoms with van der Waals surface area (Å²) in [6, 6.07) is 25.0. The van der Waals surface area contributed by atoms with Crippen LogP contribution in [0.25, 0.3) is 11.0 Å². The van der Waals surface area contributed by atoms with Crippen LogP contribution < -0.4 is 25.8 Å². The molecule has 9 nitrogen and oxygen atoms in total. The molecule has 0 bridgehead atoms. The molecule has 5 aromatic rings. The normalized spacial score (nSPS) is 18.0. The van der Waals surface area contributed by atoms with Gasteiger partial charge >= 0.3 is 0 Å². The Morgan fingerprint density at radius 3 is 2.53 bits per heavy atom. The van der Waals surface area contributed by atoms with Crippen LogP contribution in [-0.4, -0.2) is 46.5 Å². The number of Topliss-reactive ketones (excluding diaryl/α,β-unsaturated/α-hetero) is 1. The number of para-hydroxylation sites is 1. The Hall–Kier alpha value is -5.02. The number of hydrogen-bond acceptors (Lipinski definition) is 8. The SMILES string of the molecule is Cc1ccccc1Oc1cc2cnc(Nc3ccc(N(C)C4CCCNC4)cc3)nc2n(C2Cc3ccccc3CC2=O)c1=O. The van der Waals surface area contributed by atoms with Gasteiger partial charge in [-0.2, -0.15) is 4.98 Å². The van der Waals surface area contributed by atoms with E-state index in [-0.39, 0.29) is 18.0 Å². The number of ether oxygens (including phenoxy) is 1. The maximum atomic E-state index is 14.2. The van der Waals surface area contributed by atoms with Crippen LogP contribution in [0.4, 0.5) is 17.3 Å². The summed E-state index contributed by atoms with van der Waals surface area (Å²) in [6.07, 6.45) is 4.67. The van der Waals surface area contributed by atoms with Gasteiger partial charge in [-0.3, -0.25) is 14.2 Å². The van der Waals surface area contributed by atoms with E-state index >= 15 is 0 Å². The zero-order valence-corrected chi connectivity index (χ0v) is 25.5. The van der Waals surface area contributed by atoms with Crippen LogP contribution in [0.1, 0.15) is 35.6 Å². The van der Waals surface area contributed by atoms with Crippen LogP contribution in [0.15, 0.2) is 89.9 Å². The van der Waals surface area contributed by atoms with E-state index in [2.05, 4.69) is 39.7 Å². The Balaban J connectivity index is 1.25. The van der Waals surface area contributed by atoms with E-state index in [0.29, 0.717) is 35.2 Å². The highest BCUT2D eigenvalue weighted by molar-refractivity contribution is 5.89. The molecule has 1 aliphatic carbocycles. The van der Waals surface area contributed by atoms with Crippen LogP contribution in [0.3, 0.4) is 0 Å². The van der Waals surface area contributed by atoms with Crippen molar-refractivity contribution in [2.75, 3.05) is 30.4 Å². The summed E-state index contributed by atoms with van der Waals surface area (Å²) in [5.74, 6) is 1.00. The van der Waals surface area contributed by atoms with Crippen molar-refractivity contribution in [3.63, 3.8) is 0 Å². The van der Waals surface area contributed by atoms with Crippen molar-refractivity contribution in [3.8, 4) is 11.5 Å². The lowest BCUT2D eigenvalue weighted by molar-refractivity contribution is -0.122. The molecule has 9 heteroatoms. The fourth-order valence-electron chi connectivity index (χ4n) is 6.38. The molecule has 2 N–H and O–H groups in total. The quantitative estimate of drug-likeness (QED) is 0.244. The first kappa shape index (κ1) is 28.7. The lowest BCUT2D eigenvalue weighted by atomic mass is 9.87. The molecular weight excluding hydrogens is 564 g/mol. The highest BCUT2D eigenvalue weighted by Crippen LogP contribution is 2.31. The van der Waals surface area contributed by atoms with Crippen molar-refractivity contribution in [1.82, 2.24) is 19.9 Å². The fraction of sp³-hybridized carbons (Fsp3) is 0.278. The number of carbonyl (C=O) groups excluding carboxylic acids is 1. The van der Waals surface area contributed by atoms with E-state index in [1.807, 2.05) is 67.6 Å². The van der Waals surface area contributed by atoms with Gasteiger partial charge in [0.2, 0.25) is 5.95 Å². The maximum Gasteiger partial charge on any atom is 0.295 e. The van der Waals surface area contributed by atoms with Gasteiger partial charge < -0.3 is 20.3 Å². The zero-order chi connectivity index (χ0) is 30.9. The summed E-state index contributed by atoms with van der Waals surface area (Å²) in [6.45, 7) is 3.99. The second-order valence-corrected chi connectivity index (χ2v) is 11.9. The van der Waals surface area contributed by atoms with Gasteiger partial charge in [-0.15, -0.1) is 0 Å². The van der Waals surface area contributed by atoms with E-state index in [1.165, 1.54) is 17.4 Å². The summed E-state index contributed by atoms with van der Waals surface area (Å²) in [4.78, 5) is 39.4. The summed E-state index contributed by atoms with van der Waals surface area (Å²) in [5, 5.41) is 7.38. The molecule has 2 aliphatic rings. The van der Waals surface area contributed by atoms with E-state index in [1.54, 1.807) is 12.3 Å². The molecule has 2 unspecified atom stereocenters. The van der Waals surface area contributed by atoms with E-state index in [4.69, 9.17) is 9.72 Å². The van der Waals surface area contributed by atoms with E-state index in [0.717, 1.165) is 41.2 Å². The van der Waals surface area contributed by atoms with Crippen molar-refractivity contribution >= 4 is 34.1 Å². The van der Waals surface area contributed by atoms with Gasteiger partial charge in [0, 0.05) is 55.4 Å². The largest absolute Gasteiger partial charge is 0.451 e. The second kappa shape index (κ2) is 12.2. The van der Waals surface area contributed by atoms with Crippen molar-refractivity contribution in [2.45, 2.75) is 44.7 Å². The average Bonchev–Trinajstić information content (AvgIpc) is 3.07. The van der Waals surface area contributed by atoms with Crippen LogP contribution >= 0.6 is 0 Å². The summed E-state index contributed by atoms with van der Waals surface area (Å²) < 4.78 is 7.66. The maximum absolute atomic E-state index is 14.2. The standard InChI is InChI=1S/C36H36N6O3/c1-23-8-3-6-12-32(23)45-33-20-26-21-38-36(39-27-13-15-28(16-14-27)41(2)29-11-7-17-37-22-29)40-34(26)42(35(33)44)30-18-24-9-4-5-10-25(24)19-31(30)43/h3-6,8-10,12-16,20-21,29-30,37H,7,11,17-19,22H2,1-2H3,(H,38,39,40). The Morgan fingerprint density at radius 2 is 1.76 bits per heavy atom. The highest BCUT2D eigenvalue weighted by Gasteiger charge is 2.31. The molecule has 3 heterocycles. The van der Waals surface area contributed by atoms with E-state index in [9.17, 15) is 9.59 Å². The van der Waals surface area contributed by atoms with Crippen LogP contribution in [0, 0.1) is 6.92 Å². The first-order valence-electron chi connectivity index (χ1n) is 15.5. The third-order valence-corrected chi connectivity index (χ3v) is 8.98. The second-order valence-electron chi connectivity index (χ2n) is 11.9. The number of fused-ring (bicyclic) bond motifs is 2. The number of rotatable bonds is 7. The fourth-order valence-corrected chi connectivity index (χ4v) is 6.38. The van der Waals surface area contributed by atoms with Gasteiger partial charge in [0.25, 0.3) is 5.56 Å². The summed E-state index contributed by atoms with van der Waals surface area (Å²) in [7, 11) is 2.13. The molecule has 0 saturated carbocycles. The molecule has 1 saturated heterocycles. The first-order valence-corrected chi connectivity index (χ1v) is 15.5. The molecule has 2 aromatic heterocycles. The van der Waals surface area contributed by atoms with Crippen LogP contribution in [-0.2, 0) is 17.6 Å². The van der Waals surface area contributed by atoms with Gasteiger partial charge in [-0.1, -0.05) is 42.5 Å². The van der Waals surface area contributed by atoms with Gasteiger partial charge in [0.15, 0.2) is 11.5 Å². The Bertz CT molecular complexity index is 1930. The number of nitrogens with zero attached hydrogens (tertiary/aromatic N) is 4. The van der Waals surface area contributed by atoms with Gasteiger partial charge in [0.1, 0.15) is 17.4 Å². The Labute approximate surface area is 261 Å². The molecule has 0 amide bonds. The number of likely N-dealkylation sites (N-methyl/N-ethyl adjacent to an activating group) is 1. The first-order chi connectivity index (χ1) is 21.9. The predicted molar refractivity (Wildman–Crippen MR) is 177 cm³/mol. The summed E-state index contributed by atoms with van der Waals surface area (Å²) in [5.41, 5.74) is 4.88. The molecule has 45 heavy (non-hydrogen) atoms. The van der Waals surface area contributed by atoms with E-state index < -0.39 is 11.6 Å². The molecule has 3 aromatic carbocycles. The van der Waals surface area contributed by atoms with Crippen molar-refractivity contribution < 1.29 is 9.53 Å². The number of ketones is 1. The number of pyridine rings is 1. The van der Waals surface area contributed by atoms with Crippen LogP contribution in [0.2, 0.25) is 0 Å². The number of carbonyl (C=O) groups is 1. The summed E-state index contributed by atoms with van der Waals surface area (Å²) >= 11 is 0. The number of anilines is 3. The third kappa shape index (κ3) is 5.79. The Kier molecular flexibility index (Phi) is 7.77. The number of benzene rings is 3. The predicted octanol–water partition coefficient (Wildman–Crippen LogP) is 5.73. The molecule has 1 aliphatic heterocycles. The van der Waals surface area contributed by atoms with Gasteiger partial charge in [-0.25, -0.2) is 4.98 Å². The average molecular weight is 601 g/mol. The highest BCUT2D eigenvalue weighted by atomic mass is 16.5. The van der Waals surface area contributed by atoms with Crippen LogP contribution in [0.5, 0.6) is 11.5 Å². The number of nitrogens with one attached hydrogen (secondary N) is 2. The third-order valence-electron chi connectivity index (χ3n) is 8.98. The molecule has 1 fully saturated rings. The van der Waals surface area contributed by atoms with Gasteiger partial charge in [-0.05, 0) is 79.4 Å². The Morgan fingerprint density at radius 1 is 0.978 bits per heavy atom. The van der Waals surface area contributed by atoms with Crippen molar-refractivity contribution in [2.24, 2.45) is 0 Å². The van der Waals surface area contributed by atoms with Crippen molar-refractivity contribution in [3.05, 3.63) is 112 Å². The monoisotopic (exact) mass is 600 g/mol. The minimum absolute atomic E-state index is 0.0360. The lowest BCUT2D eigenvalue weighted by Crippen LogP contribution is -2.44. The minimum Gasteiger partial charge on any atom is -0.451 e. The van der Waals surface area contributed by atoms with Crippen molar-refractivity contribution in [1.29, 1.82) is 0 Å². The molecule has 2 atom stereocenters. The topological polar surface area (TPSA) is 101 Å². The molecule has 7 rings (SSSR count). The zero-order valence-electron chi connectivity index (χ0n) is 25.5. The lowest BCUT2D eigenvalue weighted by Gasteiger charge is -2.33. The van der Waals surface area contributed by atoms with Gasteiger partial charge in [0.05, 0.1) is 0 Å². The molecule has 0 radical (unpaired) electrons. The minimum atomic E-state index is -0.720. The number of aryl methyl sites for hydroxylation is 1. The number of hydrogen-bond donors (Lipinski definition) is 2. The molecule has 228 valence electrons. The smallest absolute Gasteiger partial charge is 0.295 e. The molecule has 0 spiro atoms.